The van der Waals surface area contributed by atoms with Gasteiger partial charge in [0.1, 0.15) is 0 Å². The number of nitrogens with zero attached hydrogens (tertiary/aromatic N) is 2. The Labute approximate surface area is 130 Å². The summed E-state index contributed by atoms with van der Waals surface area (Å²) in [6.07, 6.45) is 7.30. The third-order valence-corrected chi connectivity index (χ3v) is 4.24. The molecule has 1 aliphatic heterocycles. The molecule has 5 nitrogen and oxygen atoms in total. The Morgan fingerprint density at radius 2 is 2.23 bits per heavy atom. The molecule has 5 heteroatoms. The third-order valence-electron chi connectivity index (χ3n) is 4.24. The number of amides is 1. The van der Waals surface area contributed by atoms with Crippen LogP contribution in [0.3, 0.4) is 0 Å². The van der Waals surface area contributed by atoms with E-state index in [1.54, 1.807) is 12.5 Å². The van der Waals surface area contributed by atoms with Crippen LogP contribution in [0.5, 0.6) is 0 Å². The van der Waals surface area contributed by atoms with Crippen LogP contribution in [-0.2, 0) is 4.79 Å². The first-order valence-corrected chi connectivity index (χ1v) is 7.83. The lowest BCUT2D eigenvalue weighted by Gasteiger charge is -2.24. The van der Waals surface area contributed by atoms with Gasteiger partial charge >= 0.3 is 0 Å². The fraction of sp³-hybridized carbons (Fsp3) is 0.412. The molecule has 1 saturated heterocycles. The first kappa shape index (κ1) is 14.8. The van der Waals surface area contributed by atoms with E-state index in [1.165, 1.54) is 0 Å². The Morgan fingerprint density at radius 3 is 2.95 bits per heavy atom. The minimum atomic E-state index is 0.00542. The summed E-state index contributed by atoms with van der Waals surface area (Å²) >= 11 is 0. The van der Waals surface area contributed by atoms with Crippen LogP contribution < -0.4 is 10.6 Å². The minimum Gasteiger partial charge on any atom is -0.349 e. The van der Waals surface area contributed by atoms with Crippen molar-refractivity contribution in [3.8, 4) is 5.69 Å². The van der Waals surface area contributed by atoms with Crippen LogP contribution in [0.2, 0.25) is 0 Å². The molecule has 0 bridgehead atoms. The molecule has 0 radical (unpaired) electrons. The molecule has 0 aliphatic carbocycles. The van der Waals surface area contributed by atoms with Crippen molar-refractivity contribution in [3.05, 3.63) is 48.5 Å². The molecule has 2 aromatic rings. The van der Waals surface area contributed by atoms with E-state index in [0.717, 1.165) is 37.2 Å². The van der Waals surface area contributed by atoms with Crippen molar-refractivity contribution in [1.82, 2.24) is 20.2 Å². The number of piperidine rings is 1. The number of rotatable bonds is 4. The van der Waals surface area contributed by atoms with Crippen molar-refractivity contribution in [2.24, 2.45) is 5.92 Å². The highest BCUT2D eigenvalue weighted by atomic mass is 16.1. The van der Waals surface area contributed by atoms with Gasteiger partial charge in [-0.15, -0.1) is 0 Å². The predicted octanol–water partition coefficient (Wildman–Crippen LogP) is 2.05. The lowest BCUT2D eigenvalue weighted by Crippen LogP contribution is -2.39. The molecule has 1 aromatic carbocycles. The van der Waals surface area contributed by atoms with Gasteiger partial charge in [-0.05, 0) is 50.6 Å². The number of aromatic nitrogens is 2. The van der Waals surface area contributed by atoms with Gasteiger partial charge in [0.2, 0.25) is 5.91 Å². The number of imidazole rings is 1. The lowest BCUT2D eigenvalue weighted by atomic mass is 9.96. The van der Waals surface area contributed by atoms with Crippen LogP contribution in [0.1, 0.15) is 31.4 Å². The SMILES string of the molecule is CC(NC(=O)C1CCNCC1)c1cccc(-n2ccnc2)c1. The van der Waals surface area contributed by atoms with Crippen LogP contribution in [0.15, 0.2) is 43.0 Å². The van der Waals surface area contributed by atoms with E-state index < -0.39 is 0 Å². The van der Waals surface area contributed by atoms with Gasteiger partial charge in [0.15, 0.2) is 0 Å². The highest BCUT2D eigenvalue weighted by Crippen LogP contribution is 2.19. The van der Waals surface area contributed by atoms with Crippen molar-refractivity contribution in [2.45, 2.75) is 25.8 Å². The predicted molar refractivity (Wildman–Crippen MR) is 85.7 cm³/mol. The summed E-state index contributed by atoms with van der Waals surface area (Å²) in [7, 11) is 0. The summed E-state index contributed by atoms with van der Waals surface area (Å²) in [4.78, 5) is 16.4. The molecular weight excluding hydrogens is 276 g/mol. The van der Waals surface area contributed by atoms with E-state index in [9.17, 15) is 4.79 Å². The summed E-state index contributed by atoms with van der Waals surface area (Å²) in [5.41, 5.74) is 2.16. The van der Waals surface area contributed by atoms with Gasteiger partial charge in [0.05, 0.1) is 12.4 Å². The van der Waals surface area contributed by atoms with Crippen LogP contribution >= 0.6 is 0 Å². The molecule has 1 fully saturated rings. The van der Waals surface area contributed by atoms with Gasteiger partial charge in [-0.25, -0.2) is 4.98 Å². The molecule has 116 valence electrons. The molecule has 1 aromatic heterocycles. The number of nitrogens with one attached hydrogen (secondary N) is 2. The Morgan fingerprint density at radius 1 is 1.41 bits per heavy atom. The van der Waals surface area contributed by atoms with Crippen LogP contribution in [0, 0.1) is 5.92 Å². The Kier molecular flexibility index (Phi) is 4.53. The Hall–Kier alpha value is -2.14. The molecule has 3 rings (SSSR count). The molecule has 2 heterocycles. The fourth-order valence-electron chi connectivity index (χ4n) is 2.87. The van der Waals surface area contributed by atoms with Crippen LogP contribution in [-0.4, -0.2) is 28.5 Å². The summed E-state index contributed by atoms with van der Waals surface area (Å²) < 4.78 is 1.96. The van der Waals surface area contributed by atoms with Crippen LogP contribution in [0.4, 0.5) is 0 Å². The molecule has 1 amide bonds. The second-order valence-electron chi connectivity index (χ2n) is 5.82. The highest BCUT2D eigenvalue weighted by molar-refractivity contribution is 5.79. The van der Waals surface area contributed by atoms with Gasteiger partial charge in [-0.1, -0.05) is 12.1 Å². The van der Waals surface area contributed by atoms with E-state index in [2.05, 4.69) is 21.7 Å². The van der Waals surface area contributed by atoms with E-state index in [-0.39, 0.29) is 17.9 Å². The van der Waals surface area contributed by atoms with Crippen molar-refractivity contribution in [3.63, 3.8) is 0 Å². The summed E-state index contributed by atoms with van der Waals surface area (Å²) in [5.74, 6) is 0.308. The normalized spacial score (nSPS) is 17.1. The Bertz CT molecular complexity index is 617. The number of carbonyl (C=O) groups is 1. The van der Waals surface area contributed by atoms with E-state index in [1.807, 2.05) is 35.9 Å². The molecule has 0 saturated carbocycles. The zero-order valence-electron chi connectivity index (χ0n) is 12.8. The van der Waals surface area contributed by atoms with E-state index in [0.29, 0.717) is 0 Å². The van der Waals surface area contributed by atoms with Crippen molar-refractivity contribution in [2.75, 3.05) is 13.1 Å². The quantitative estimate of drug-likeness (QED) is 0.908. The van der Waals surface area contributed by atoms with Gasteiger partial charge in [-0.3, -0.25) is 4.79 Å². The third kappa shape index (κ3) is 3.36. The second kappa shape index (κ2) is 6.75. The average Bonchev–Trinajstić information content (AvgIpc) is 3.10. The lowest BCUT2D eigenvalue weighted by molar-refractivity contribution is -0.126. The van der Waals surface area contributed by atoms with E-state index >= 15 is 0 Å². The van der Waals surface area contributed by atoms with Crippen molar-refractivity contribution < 1.29 is 4.79 Å². The van der Waals surface area contributed by atoms with Gasteiger partial charge in [-0.2, -0.15) is 0 Å². The summed E-state index contributed by atoms with van der Waals surface area (Å²) in [6.45, 7) is 3.90. The van der Waals surface area contributed by atoms with Crippen molar-refractivity contribution in [1.29, 1.82) is 0 Å². The fourth-order valence-corrected chi connectivity index (χ4v) is 2.87. The Balaban J connectivity index is 1.68. The maximum Gasteiger partial charge on any atom is 0.223 e. The molecule has 22 heavy (non-hydrogen) atoms. The smallest absolute Gasteiger partial charge is 0.223 e. The molecule has 1 unspecified atom stereocenters. The molecular formula is C17H22N4O. The first-order chi connectivity index (χ1) is 10.7. The molecule has 1 aliphatic rings. The van der Waals surface area contributed by atoms with Crippen molar-refractivity contribution >= 4 is 5.91 Å². The summed E-state index contributed by atoms with van der Waals surface area (Å²) in [6, 6.07) is 8.19. The topological polar surface area (TPSA) is 59.0 Å². The maximum atomic E-state index is 12.3. The minimum absolute atomic E-state index is 0.00542. The number of hydrogen-bond donors (Lipinski definition) is 2. The standard InChI is InChI=1S/C17H22N4O/c1-13(20-17(22)14-5-7-18-8-6-14)15-3-2-4-16(11-15)21-10-9-19-12-21/h2-4,9-14,18H,5-8H2,1H3,(H,20,22). The monoisotopic (exact) mass is 298 g/mol. The van der Waals surface area contributed by atoms with Gasteiger partial charge < -0.3 is 15.2 Å². The van der Waals surface area contributed by atoms with Gasteiger partial charge in [0.25, 0.3) is 0 Å². The largest absolute Gasteiger partial charge is 0.349 e. The summed E-state index contributed by atoms with van der Waals surface area (Å²) in [5, 5.41) is 6.44. The molecule has 1 atom stereocenters. The number of carbonyl (C=O) groups excluding carboxylic acids is 1. The molecule has 2 N–H and O–H groups in total. The molecule has 0 spiro atoms. The number of hydrogen-bond acceptors (Lipinski definition) is 3. The van der Waals surface area contributed by atoms with Gasteiger partial charge in [0, 0.05) is 24.0 Å². The zero-order valence-corrected chi connectivity index (χ0v) is 12.8. The zero-order chi connectivity index (χ0) is 15.4. The highest BCUT2D eigenvalue weighted by Gasteiger charge is 2.22. The van der Waals surface area contributed by atoms with E-state index in [4.69, 9.17) is 0 Å². The second-order valence-corrected chi connectivity index (χ2v) is 5.82. The maximum absolute atomic E-state index is 12.3. The number of benzene rings is 1. The first-order valence-electron chi connectivity index (χ1n) is 7.83. The average molecular weight is 298 g/mol. The van der Waals surface area contributed by atoms with Crippen LogP contribution in [0.25, 0.3) is 5.69 Å².